The molecule has 0 aliphatic carbocycles. The minimum atomic E-state index is -0.520. The average Bonchev–Trinajstić information content (AvgIpc) is 2.32. The van der Waals surface area contributed by atoms with Crippen molar-refractivity contribution in [2.45, 2.75) is 13.5 Å². The number of nitrogens with zero attached hydrogens (tertiary/aromatic N) is 1. The van der Waals surface area contributed by atoms with Gasteiger partial charge in [-0.3, -0.25) is 0 Å². The molecule has 1 aromatic carbocycles. The summed E-state index contributed by atoms with van der Waals surface area (Å²) >= 11 is 0. The maximum Gasteiger partial charge on any atom is 0.219 e. The largest absolute Gasteiger partial charge is 0.473 e. The molecule has 0 aliphatic rings. The minimum Gasteiger partial charge on any atom is -0.473 e. The Kier molecular flexibility index (Phi) is 3.15. The molecule has 0 amide bonds. The fourth-order valence-electron chi connectivity index (χ4n) is 1.36. The van der Waals surface area contributed by atoms with Crippen LogP contribution in [0, 0.1) is 12.9 Å². The van der Waals surface area contributed by atoms with Gasteiger partial charge in [0.15, 0.2) is 0 Å². The molecule has 2 nitrogen and oxygen atoms in total. The minimum absolute atomic E-state index is 0.351. The maximum absolute atomic E-state index is 12.9. The SMILES string of the molecule is Cc1ccc(F)nc1OCc1ccccc1. The molecule has 2 aromatic rings. The molecule has 16 heavy (non-hydrogen) atoms. The Morgan fingerprint density at radius 2 is 1.88 bits per heavy atom. The van der Waals surface area contributed by atoms with Crippen molar-refractivity contribution in [2.24, 2.45) is 0 Å². The van der Waals surface area contributed by atoms with Crippen molar-refractivity contribution < 1.29 is 9.13 Å². The number of rotatable bonds is 3. The van der Waals surface area contributed by atoms with Gasteiger partial charge in [-0.2, -0.15) is 9.37 Å². The molecule has 82 valence electrons. The van der Waals surface area contributed by atoms with E-state index in [2.05, 4.69) is 4.98 Å². The van der Waals surface area contributed by atoms with Crippen molar-refractivity contribution in [1.29, 1.82) is 0 Å². The van der Waals surface area contributed by atoms with Crippen LogP contribution < -0.4 is 4.74 Å². The van der Waals surface area contributed by atoms with Crippen molar-refractivity contribution in [3.63, 3.8) is 0 Å². The van der Waals surface area contributed by atoms with Crippen LogP contribution in [0.5, 0.6) is 5.88 Å². The Bertz CT molecular complexity index is 471. The van der Waals surface area contributed by atoms with Gasteiger partial charge in [0.2, 0.25) is 11.8 Å². The first-order valence-corrected chi connectivity index (χ1v) is 5.05. The Labute approximate surface area is 93.7 Å². The lowest BCUT2D eigenvalue weighted by atomic mass is 10.2. The third-order valence-corrected chi connectivity index (χ3v) is 2.23. The van der Waals surface area contributed by atoms with Crippen molar-refractivity contribution in [1.82, 2.24) is 4.98 Å². The van der Waals surface area contributed by atoms with Crippen LogP contribution in [0.2, 0.25) is 0 Å². The Balaban J connectivity index is 2.08. The molecule has 0 fully saturated rings. The van der Waals surface area contributed by atoms with E-state index < -0.39 is 5.95 Å². The lowest BCUT2D eigenvalue weighted by Crippen LogP contribution is -2.00. The third-order valence-electron chi connectivity index (χ3n) is 2.23. The summed E-state index contributed by atoms with van der Waals surface area (Å²) < 4.78 is 18.3. The van der Waals surface area contributed by atoms with Crippen molar-refractivity contribution >= 4 is 0 Å². The van der Waals surface area contributed by atoms with Gasteiger partial charge >= 0.3 is 0 Å². The van der Waals surface area contributed by atoms with Gasteiger partial charge in [0.25, 0.3) is 0 Å². The van der Waals surface area contributed by atoms with Gasteiger partial charge in [-0.05, 0) is 24.6 Å². The molecule has 0 aliphatic heterocycles. The number of hydrogen-bond acceptors (Lipinski definition) is 2. The van der Waals surface area contributed by atoms with Gasteiger partial charge in [0.1, 0.15) is 6.61 Å². The van der Waals surface area contributed by atoms with Crippen LogP contribution in [0.25, 0.3) is 0 Å². The highest BCUT2D eigenvalue weighted by molar-refractivity contribution is 5.24. The second-order valence-electron chi connectivity index (χ2n) is 3.53. The normalized spacial score (nSPS) is 10.1. The van der Waals surface area contributed by atoms with Gasteiger partial charge in [0, 0.05) is 5.56 Å². The molecule has 1 aromatic heterocycles. The van der Waals surface area contributed by atoms with E-state index in [-0.39, 0.29) is 0 Å². The highest BCUT2D eigenvalue weighted by Crippen LogP contribution is 2.15. The fraction of sp³-hybridized carbons (Fsp3) is 0.154. The second kappa shape index (κ2) is 4.75. The fourth-order valence-corrected chi connectivity index (χ4v) is 1.36. The standard InChI is InChI=1S/C13H12FNO/c1-10-7-8-12(14)15-13(10)16-9-11-5-3-2-4-6-11/h2-8H,9H2,1H3. The topological polar surface area (TPSA) is 22.1 Å². The zero-order valence-corrected chi connectivity index (χ0v) is 8.98. The van der Waals surface area contributed by atoms with E-state index in [1.165, 1.54) is 6.07 Å². The summed E-state index contributed by atoms with van der Waals surface area (Å²) in [5.74, 6) is -0.169. The zero-order chi connectivity index (χ0) is 11.4. The molecule has 0 unspecified atom stereocenters. The van der Waals surface area contributed by atoms with Crippen LogP contribution in [0.15, 0.2) is 42.5 Å². The number of benzene rings is 1. The Morgan fingerprint density at radius 3 is 2.62 bits per heavy atom. The highest BCUT2D eigenvalue weighted by Gasteiger charge is 2.03. The second-order valence-corrected chi connectivity index (χ2v) is 3.53. The van der Waals surface area contributed by atoms with Crippen LogP contribution >= 0.6 is 0 Å². The molecular formula is C13H12FNO. The predicted octanol–water partition coefficient (Wildman–Crippen LogP) is 3.11. The summed E-state index contributed by atoms with van der Waals surface area (Å²) in [6.45, 7) is 2.24. The van der Waals surface area contributed by atoms with Gasteiger partial charge in [-0.15, -0.1) is 0 Å². The Morgan fingerprint density at radius 1 is 1.12 bits per heavy atom. The Hall–Kier alpha value is -1.90. The summed E-state index contributed by atoms with van der Waals surface area (Å²) in [6, 6.07) is 12.7. The summed E-state index contributed by atoms with van der Waals surface area (Å²) in [5.41, 5.74) is 1.87. The third kappa shape index (κ3) is 2.57. The zero-order valence-electron chi connectivity index (χ0n) is 8.98. The molecule has 0 N–H and O–H groups in total. The quantitative estimate of drug-likeness (QED) is 0.737. The van der Waals surface area contributed by atoms with Gasteiger partial charge in [-0.25, -0.2) is 0 Å². The van der Waals surface area contributed by atoms with E-state index in [0.717, 1.165) is 11.1 Å². The highest BCUT2D eigenvalue weighted by atomic mass is 19.1. The number of aryl methyl sites for hydroxylation is 1. The maximum atomic E-state index is 12.9. The molecule has 0 saturated heterocycles. The summed E-state index contributed by atoms with van der Waals surface area (Å²) in [7, 11) is 0. The van der Waals surface area contributed by atoms with E-state index in [9.17, 15) is 4.39 Å². The summed E-state index contributed by atoms with van der Waals surface area (Å²) in [6.07, 6.45) is 0. The van der Waals surface area contributed by atoms with E-state index >= 15 is 0 Å². The molecule has 3 heteroatoms. The van der Waals surface area contributed by atoms with Gasteiger partial charge in [0.05, 0.1) is 0 Å². The number of halogens is 1. The molecule has 1 heterocycles. The number of aromatic nitrogens is 1. The van der Waals surface area contributed by atoms with E-state index in [0.29, 0.717) is 12.5 Å². The van der Waals surface area contributed by atoms with E-state index in [4.69, 9.17) is 4.74 Å². The van der Waals surface area contributed by atoms with E-state index in [1.807, 2.05) is 37.3 Å². The molecular weight excluding hydrogens is 205 g/mol. The van der Waals surface area contributed by atoms with Crippen LogP contribution in [0.1, 0.15) is 11.1 Å². The number of pyridine rings is 1. The van der Waals surface area contributed by atoms with Crippen molar-refractivity contribution in [2.75, 3.05) is 0 Å². The monoisotopic (exact) mass is 217 g/mol. The number of hydrogen-bond donors (Lipinski definition) is 0. The van der Waals surface area contributed by atoms with Crippen LogP contribution in [0.3, 0.4) is 0 Å². The predicted molar refractivity (Wildman–Crippen MR) is 59.7 cm³/mol. The van der Waals surface area contributed by atoms with Crippen LogP contribution in [0.4, 0.5) is 4.39 Å². The average molecular weight is 217 g/mol. The lowest BCUT2D eigenvalue weighted by molar-refractivity contribution is 0.287. The van der Waals surface area contributed by atoms with E-state index in [1.54, 1.807) is 6.07 Å². The van der Waals surface area contributed by atoms with Crippen LogP contribution in [-0.4, -0.2) is 4.98 Å². The molecule has 0 saturated carbocycles. The number of ether oxygens (including phenoxy) is 1. The first-order valence-electron chi connectivity index (χ1n) is 5.05. The van der Waals surface area contributed by atoms with Crippen molar-refractivity contribution in [3.05, 3.63) is 59.5 Å². The van der Waals surface area contributed by atoms with Gasteiger partial charge < -0.3 is 4.74 Å². The molecule has 0 bridgehead atoms. The van der Waals surface area contributed by atoms with Crippen LogP contribution in [-0.2, 0) is 6.61 Å². The lowest BCUT2D eigenvalue weighted by Gasteiger charge is -2.07. The summed E-state index contributed by atoms with van der Waals surface area (Å²) in [5, 5.41) is 0. The molecule has 2 rings (SSSR count). The smallest absolute Gasteiger partial charge is 0.219 e. The van der Waals surface area contributed by atoms with Crippen molar-refractivity contribution in [3.8, 4) is 5.88 Å². The first kappa shape index (κ1) is 10.6. The molecule has 0 spiro atoms. The summed E-state index contributed by atoms with van der Waals surface area (Å²) in [4.78, 5) is 3.70. The first-order chi connectivity index (χ1) is 7.75. The molecule has 0 radical (unpaired) electrons. The van der Waals surface area contributed by atoms with Gasteiger partial charge in [-0.1, -0.05) is 30.3 Å². The molecule has 0 atom stereocenters.